The zero-order valence-electron chi connectivity index (χ0n) is 14.7. The normalized spacial score (nSPS) is 25.8. The Balaban J connectivity index is 1.32. The van der Waals surface area contributed by atoms with Crippen molar-refractivity contribution in [3.05, 3.63) is 59.3 Å². The molecular formula is C19H20F2N6. The lowest BCUT2D eigenvalue weighted by molar-refractivity contribution is 0.136. The Morgan fingerprint density at radius 2 is 2.04 bits per heavy atom. The first-order valence-corrected chi connectivity index (χ1v) is 9.21. The third-order valence-corrected chi connectivity index (χ3v) is 5.95. The van der Waals surface area contributed by atoms with Gasteiger partial charge in [-0.2, -0.15) is 5.10 Å². The van der Waals surface area contributed by atoms with E-state index in [1.165, 1.54) is 18.5 Å². The quantitative estimate of drug-likeness (QED) is 0.750. The number of benzene rings is 1. The van der Waals surface area contributed by atoms with Crippen LogP contribution in [0.5, 0.6) is 0 Å². The van der Waals surface area contributed by atoms with E-state index in [-0.39, 0.29) is 17.8 Å². The minimum absolute atomic E-state index is 0.145. The standard InChI is InChI=1S/C19H20F2N6/c20-11-1-4-16(21)14(5-11)13-3-2-12(6-17(13)22)26-7-15-18(8-26)25-27-10-23-9-24-19(15)27/h1,4-5,9-10,12-13,17H,2-3,6-8,22H2/t12-,13?,17-/m0/s1. The Labute approximate surface area is 155 Å². The molecule has 1 saturated carbocycles. The van der Waals surface area contributed by atoms with Crippen LogP contribution in [0, 0.1) is 11.6 Å². The van der Waals surface area contributed by atoms with Crippen LogP contribution in [-0.2, 0) is 13.1 Å². The maximum absolute atomic E-state index is 14.2. The van der Waals surface area contributed by atoms with Gasteiger partial charge in [-0.3, -0.25) is 4.90 Å². The summed E-state index contributed by atoms with van der Waals surface area (Å²) in [6, 6.07) is 3.74. The van der Waals surface area contributed by atoms with Crippen molar-refractivity contribution in [1.82, 2.24) is 24.5 Å². The fraction of sp³-hybridized carbons (Fsp3) is 0.421. The zero-order valence-corrected chi connectivity index (χ0v) is 14.7. The lowest BCUT2D eigenvalue weighted by atomic mass is 9.77. The number of fused-ring (bicyclic) bond motifs is 3. The number of nitrogens with zero attached hydrogens (tertiary/aromatic N) is 5. The highest BCUT2D eigenvalue weighted by atomic mass is 19.1. The molecule has 0 radical (unpaired) electrons. The van der Waals surface area contributed by atoms with Crippen LogP contribution in [0.4, 0.5) is 8.78 Å². The van der Waals surface area contributed by atoms with Gasteiger partial charge in [-0.05, 0) is 43.0 Å². The number of halogens is 2. The summed E-state index contributed by atoms with van der Waals surface area (Å²) in [4.78, 5) is 10.7. The summed E-state index contributed by atoms with van der Waals surface area (Å²) in [5, 5.41) is 4.57. The molecular weight excluding hydrogens is 350 g/mol. The van der Waals surface area contributed by atoms with E-state index < -0.39 is 5.82 Å². The molecule has 2 aliphatic rings. The molecule has 2 aromatic heterocycles. The summed E-state index contributed by atoms with van der Waals surface area (Å²) >= 11 is 0. The Morgan fingerprint density at radius 3 is 2.89 bits per heavy atom. The highest BCUT2D eigenvalue weighted by Crippen LogP contribution is 2.38. The molecule has 1 aliphatic heterocycles. The fourth-order valence-electron chi connectivity index (χ4n) is 4.60. The molecule has 3 aromatic rings. The molecule has 1 unspecified atom stereocenters. The molecule has 0 bridgehead atoms. The predicted octanol–water partition coefficient (Wildman–Crippen LogP) is 2.38. The number of nitrogens with two attached hydrogens (primary N) is 1. The van der Waals surface area contributed by atoms with Gasteiger partial charge in [0.25, 0.3) is 0 Å². The van der Waals surface area contributed by atoms with E-state index in [1.807, 2.05) is 0 Å². The summed E-state index contributed by atoms with van der Waals surface area (Å²) in [5.41, 5.74) is 9.83. The maximum Gasteiger partial charge on any atom is 0.163 e. The topological polar surface area (TPSA) is 72.3 Å². The Kier molecular flexibility index (Phi) is 3.91. The van der Waals surface area contributed by atoms with Gasteiger partial charge in [0.15, 0.2) is 5.65 Å². The van der Waals surface area contributed by atoms with E-state index >= 15 is 0 Å². The van der Waals surface area contributed by atoms with Crippen molar-refractivity contribution in [2.24, 2.45) is 5.73 Å². The van der Waals surface area contributed by atoms with Crippen molar-refractivity contribution in [2.75, 3.05) is 0 Å². The third-order valence-electron chi connectivity index (χ3n) is 5.95. The molecule has 27 heavy (non-hydrogen) atoms. The maximum atomic E-state index is 14.2. The SMILES string of the molecule is N[C@H]1C[C@@H](N2Cc3nn4cncnc4c3C2)CCC1c1cc(F)ccc1F. The monoisotopic (exact) mass is 370 g/mol. The van der Waals surface area contributed by atoms with E-state index in [9.17, 15) is 8.78 Å². The van der Waals surface area contributed by atoms with Crippen LogP contribution < -0.4 is 5.73 Å². The number of rotatable bonds is 2. The van der Waals surface area contributed by atoms with Crippen molar-refractivity contribution in [1.29, 1.82) is 0 Å². The first kappa shape index (κ1) is 16.7. The fourth-order valence-corrected chi connectivity index (χ4v) is 4.60. The Morgan fingerprint density at radius 1 is 1.15 bits per heavy atom. The summed E-state index contributed by atoms with van der Waals surface area (Å²) in [7, 11) is 0. The summed E-state index contributed by atoms with van der Waals surface area (Å²) in [6.07, 6.45) is 5.61. The second-order valence-electron chi connectivity index (χ2n) is 7.51. The van der Waals surface area contributed by atoms with Crippen molar-refractivity contribution < 1.29 is 8.78 Å². The average molecular weight is 370 g/mol. The molecule has 0 amide bonds. The lowest BCUT2D eigenvalue weighted by Crippen LogP contribution is -2.44. The summed E-state index contributed by atoms with van der Waals surface area (Å²) in [6.45, 7) is 1.54. The molecule has 0 spiro atoms. The third kappa shape index (κ3) is 2.80. The van der Waals surface area contributed by atoms with E-state index in [1.54, 1.807) is 10.8 Å². The van der Waals surface area contributed by atoms with Crippen LogP contribution in [0.2, 0.25) is 0 Å². The van der Waals surface area contributed by atoms with E-state index in [2.05, 4.69) is 20.0 Å². The van der Waals surface area contributed by atoms with E-state index in [0.29, 0.717) is 11.6 Å². The van der Waals surface area contributed by atoms with Crippen LogP contribution in [-0.4, -0.2) is 36.6 Å². The first-order valence-electron chi connectivity index (χ1n) is 9.21. The van der Waals surface area contributed by atoms with Gasteiger partial charge in [0, 0.05) is 36.7 Å². The Bertz CT molecular complexity index is 1000. The zero-order chi connectivity index (χ0) is 18.5. The molecule has 3 heterocycles. The van der Waals surface area contributed by atoms with Crippen LogP contribution in [0.25, 0.3) is 5.65 Å². The predicted molar refractivity (Wildman–Crippen MR) is 94.7 cm³/mol. The highest BCUT2D eigenvalue weighted by molar-refractivity contribution is 5.50. The largest absolute Gasteiger partial charge is 0.327 e. The summed E-state index contributed by atoms with van der Waals surface area (Å²) in [5.74, 6) is -0.932. The lowest BCUT2D eigenvalue weighted by Gasteiger charge is -2.38. The molecule has 3 atom stereocenters. The average Bonchev–Trinajstić information content (AvgIpc) is 3.22. The number of hydrogen-bond acceptors (Lipinski definition) is 5. The Hall–Kier alpha value is -2.45. The second kappa shape index (κ2) is 6.31. The van der Waals surface area contributed by atoms with Gasteiger partial charge in [-0.15, -0.1) is 0 Å². The van der Waals surface area contributed by atoms with E-state index in [4.69, 9.17) is 5.73 Å². The van der Waals surface area contributed by atoms with Crippen molar-refractivity contribution in [3.63, 3.8) is 0 Å². The van der Waals surface area contributed by atoms with Crippen LogP contribution in [0.1, 0.15) is 42.0 Å². The van der Waals surface area contributed by atoms with E-state index in [0.717, 1.165) is 55.3 Å². The highest BCUT2D eigenvalue weighted by Gasteiger charge is 2.37. The minimum atomic E-state index is -0.416. The van der Waals surface area contributed by atoms with Gasteiger partial charge < -0.3 is 5.73 Å². The molecule has 6 nitrogen and oxygen atoms in total. The van der Waals surface area contributed by atoms with Crippen molar-refractivity contribution >= 4 is 5.65 Å². The smallest absolute Gasteiger partial charge is 0.163 e. The second-order valence-corrected chi connectivity index (χ2v) is 7.51. The molecule has 0 saturated heterocycles. The molecule has 1 fully saturated rings. The molecule has 5 rings (SSSR count). The van der Waals surface area contributed by atoms with Gasteiger partial charge >= 0.3 is 0 Å². The van der Waals surface area contributed by atoms with Gasteiger partial charge in [-0.25, -0.2) is 23.3 Å². The first-order chi connectivity index (χ1) is 13.1. The number of aromatic nitrogens is 4. The van der Waals surface area contributed by atoms with Gasteiger partial charge in [0.05, 0.1) is 5.69 Å². The van der Waals surface area contributed by atoms with Crippen LogP contribution in [0.3, 0.4) is 0 Å². The van der Waals surface area contributed by atoms with Crippen molar-refractivity contribution in [2.45, 2.75) is 50.4 Å². The minimum Gasteiger partial charge on any atom is -0.327 e. The van der Waals surface area contributed by atoms with Crippen LogP contribution >= 0.6 is 0 Å². The van der Waals surface area contributed by atoms with Crippen molar-refractivity contribution in [3.8, 4) is 0 Å². The van der Waals surface area contributed by atoms with Gasteiger partial charge in [0.2, 0.25) is 0 Å². The molecule has 1 aliphatic carbocycles. The summed E-state index contributed by atoms with van der Waals surface area (Å²) < 4.78 is 29.4. The van der Waals surface area contributed by atoms with Gasteiger partial charge in [-0.1, -0.05) is 0 Å². The van der Waals surface area contributed by atoms with Crippen LogP contribution in [0.15, 0.2) is 30.9 Å². The van der Waals surface area contributed by atoms with Gasteiger partial charge in [0.1, 0.15) is 24.3 Å². The molecule has 140 valence electrons. The molecule has 2 N–H and O–H groups in total. The molecule has 1 aromatic carbocycles. The molecule has 8 heteroatoms. The number of hydrogen-bond donors (Lipinski definition) is 1.